The Balaban J connectivity index is 1.74. The van der Waals surface area contributed by atoms with Gasteiger partial charge in [-0.3, -0.25) is 9.59 Å². The first-order chi connectivity index (χ1) is 15.0. The van der Waals surface area contributed by atoms with Crippen LogP contribution in [0.4, 0.5) is 0 Å². The molecule has 3 N–H and O–H groups in total. The zero-order valence-corrected chi connectivity index (χ0v) is 17.6. The van der Waals surface area contributed by atoms with Gasteiger partial charge in [0, 0.05) is 12.0 Å². The molecule has 3 aromatic rings. The standard InChI is InChI=1S/C26H28N2O3/c1-19-9-8-14-22(15-19)25(30)28-24(17-21-12-6-3-7-13-21)26(31)27-23(18-29)16-20-10-4-2-5-11-20/h2-15,23-24,29H,16-18H2,1H3,(H,27,31)(H,28,30)/t23-,24-/m0/s1. The molecule has 0 radical (unpaired) electrons. The molecule has 2 amide bonds. The molecule has 3 aromatic carbocycles. The number of amides is 2. The molecule has 2 atom stereocenters. The first kappa shape index (κ1) is 22.2. The second-order valence-electron chi connectivity index (χ2n) is 7.66. The second kappa shape index (κ2) is 11.1. The first-order valence-corrected chi connectivity index (χ1v) is 10.4. The average molecular weight is 417 g/mol. The number of aliphatic hydroxyl groups excluding tert-OH is 1. The lowest BCUT2D eigenvalue weighted by atomic mass is 10.0. The Labute approximate surface area is 183 Å². The summed E-state index contributed by atoms with van der Waals surface area (Å²) in [6, 6.07) is 25.3. The number of carbonyl (C=O) groups excluding carboxylic acids is 2. The molecule has 5 nitrogen and oxygen atoms in total. The van der Waals surface area contributed by atoms with Gasteiger partial charge in [-0.15, -0.1) is 0 Å². The average Bonchev–Trinajstić information content (AvgIpc) is 2.79. The number of hydrogen-bond donors (Lipinski definition) is 3. The molecular formula is C26H28N2O3. The summed E-state index contributed by atoms with van der Waals surface area (Å²) in [6.45, 7) is 1.73. The zero-order chi connectivity index (χ0) is 22.1. The van der Waals surface area contributed by atoms with Crippen LogP contribution in [0.2, 0.25) is 0 Å². The van der Waals surface area contributed by atoms with E-state index >= 15 is 0 Å². The van der Waals surface area contributed by atoms with Gasteiger partial charge in [-0.25, -0.2) is 0 Å². The Bertz CT molecular complexity index is 990. The predicted molar refractivity (Wildman–Crippen MR) is 122 cm³/mol. The SMILES string of the molecule is Cc1cccc(C(=O)N[C@@H](Cc2ccccc2)C(=O)N[C@H](CO)Cc2ccccc2)c1. The molecule has 0 spiro atoms. The summed E-state index contributed by atoms with van der Waals surface area (Å²) in [5.74, 6) is -0.622. The lowest BCUT2D eigenvalue weighted by Gasteiger charge is -2.23. The van der Waals surface area contributed by atoms with Crippen molar-refractivity contribution in [2.45, 2.75) is 31.8 Å². The van der Waals surface area contributed by atoms with E-state index in [0.717, 1.165) is 16.7 Å². The number of benzene rings is 3. The maximum absolute atomic E-state index is 13.1. The largest absolute Gasteiger partial charge is 0.394 e. The fourth-order valence-electron chi connectivity index (χ4n) is 3.45. The van der Waals surface area contributed by atoms with Crippen LogP contribution in [0.1, 0.15) is 27.0 Å². The van der Waals surface area contributed by atoms with Gasteiger partial charge in [0.1, 0.15) is 6.04 Å². The van der Waals surface area contributed by atoms with Crippen LogP contribution in [0.15, 0.2) is 84.9 Å². The van der Waals surface area contributed by atoms with E-state index in [1.165, 1.54) is 0 Å². The summed E-state index contributed by atoms with van der Waals surface area (Å²) in [5, 5.41) is 15.6. The van der Waals surface area contributed by atoms with Crippen molar-refractivity contribution in [1.82, 2.24) is 10.6 Å². The summed E-state index contributed by atoms with van der Waals surface area (Å²) in [5.41, 5.74) is 3.44. The number of aliphatic hydroxyl groups is 1. The van der Waals surface area contributed by atoms with Gasteiger partial charge >= 0.3 is 0 Å². The Hall–Kier alpha value is -3.44. The molecule has 0 aliphatic carbocycles. The van der Waals surface area contributed by atoms with E-state index in [1.54, 1.807) is 12.1 Å². The van der Waals surface area contributed by atoms with Crippen molar-refractivity contribution in [1.29, 1.82) is 0 Å². The monoisotopic (exact) mass is 416 g/mol. The molecule has 0 unspecified atom stereocenters. The van der Waals surface area contributed by atoms with E-state index in [-0.39, 0.29) is 18.4 Å². The van der Waals surface area contributed by atoms with Gasteiger partial charge < -0.3 is 15.7 Å². The van der Waals surface area contributed by atoms with Crippen molar-refractivity contribution in [2.24, 2.45) is 0 Å². The van der Waals surface area contributed by atoms with E-state index in [1.807, 2.05) is 79.7 Å². The molecule has 0 aliphatic rings. The highest BCUT2D eigenvalue weighted by Crippen LogP contribution is 2.09. The van der Waals surface area contributed by atoms with Gasteiger partial charge in [-0.05, 0) is 36.6 Å². The zero-order valence-electron chi connectivity index (χ0n) is 17.6. The Morgan fingerprint density at radius 2 is 1.42 bits per heavy atom. The van der Waals surface area contributed by atoms with E-state index in [4.69, 9.17) is 0 Å². The van der Waals surface area contributed by atoms with Gasteiger partial charge in [0.15, 0.2) is 0 Å². The van der Waals surface area contributed by atoms with Crippen molar-refractivity contribution in [3.63, 3.8) is 0 Å². The first-order valence-electron chi connectivity index (χ1n) is 10.4. The van der Waals surface area contributed by atoms with Crippen LogP contribution in [-0.2, 0) is 17.6 Å². The highest BCUT2D eigenvalue weighted by molar-refractivity contribution is 5.97. The molecule has 0 bridgehead atoms. The molecule has 0 aliphatic heterocycles. The Kier molecular flexibility index (Phi) is 7.96. The van der Waals surface area contributed by atoms with E-state index in [0.29, 0.717) is 18.4 Å². The van der Waals surface area contributed by atoms with E-state index < -0.39 is 12.1 Å². The third-order valence-corrected chi connectivity index (χ3v) is 5.08. The van der Waals surface area contributed by atoms with Crippen LogP contribution in [0.25, 0.3) is 0 Å². The fourth-order valence-corrected chi connectivity index (χ4v) is 3.45. The summed E-state index contributed by atoms with van der Waals surface area (Å²) < 4.78 is 0. The van der Waals surface area contributed by atoms with E-state index in [9.17, 15) is 14.7 Å². The minimum absolute atomic E-state index is 0.190. The fraction of sp³-hybridized carbons (Fsp3) is 0.231. The minimum Gasteiger partial charge on any atom is -0.394 e. The lowest BCUT2D eigenvalue weighted by molar-refractivity contribution is -0.124. The normalized spacial score (nSPS) is 12.6. The maximum Gasteiger partial charge on any atom is 0.251 e. The van der Waals surface area contributed by atoms with Crippen molar-refractivity contribution in [3.05, 3.63) is 107 Å². The highest BCUT2D eigenvalue weighted by Gasteiger charge is 2.24. The lowest BCUT2D eigenvalue weighted by Crippen LogP contribution is -2.52. The molecule has 0 saturated heterocycles. The van der Waals surface area contributed by atoms with Crippen LogP contribution in [0, 0.1) is 6.92 Å². The number of rotatable bonds is 9. The van der Waals surface area contributed by atoms with Gasteiger partial charge in [0.2, 0.25) is 5.91 Å². The molecule has 3 rings (SSSR count). The van der Waals surface area contributed by atoms with Gasteiger partial charge in [0.05, 0.1) is 12.6 Å². The molecule has 0 heterocycles. The van der Waals surface area contributed by atoms with Crippen molar-refractivity contribution < 1.29 is 14.7 Å². The molecule has 31 heavy (non-hydrogen) atoms. The Morgan fingerprint density at radius 3 is 2.00 bits per heavy atom. The van der Waals surface area contributed by atoms with Crippen LogP contribution in [0.5, 0.6) is 0 Å². The molecule has 0 fully saturated rings. The van der Waals surface area contributed by atoms with Crippen LogP contribution < -0.4 is 10.6 Å². The summed E-state index contributed by atoms with van der Waals surface area (Å²) in [7, 11) is 0. The van der Waals surface area contributed by atoms with Crippen molar-refractivity contribution >= 4 is 11.8 Å². The summed E-state index contributed by atoms with van der Waals surface area (Å²) in [4.78, 5) is 25.9. The molecule has 0 saturated carbocycles. The molecule has 0 aromatic heterocycles. The van der Waals surface area contributed by atoms with Gasteiger partial charge in [0.25, 0.3) is 5.91 Å². The van der Waals surface area contributed by atoms with Gasteiger partial charge in [-0.2, -0.15) is 0 Å². The topological polar surface area (TPSA) is 78.4 Å². The number of nitrogens with one attached hydrogen (secondary N) is 2. The van der Waals surface area contributed by atoms with Gasteiger partial charge in [-0.1, -0.05) is 78.4 Å². The smallest absolute Gasteiger partial charge is 0.251 e. The maximum atomic E-state index is 13.1. The number of hydrogen-bond acceptors (Lipinski definition) is 3. The van der Waals surface area contributed by atoms with Crippen LogP contribution >= 0.6 is 0 Å². The molecule has 5 heteroatoms. The third-order valence-electron chi connectivity index (χ3n) is 5.08. The molecular weight excluding hydrogens is 388 g/mol. The van der Waals surface area contributed by atoms with Crippen molar-refractivity contribution in [2.75, 3.05) is 6.61 Å². The second-order valence-corrected chi connectivity index (χ2v) is 7.66. The quantitative estimate of drug-likeness (QED) is 0.502. The third kappa shape index (κ3) is 6.79. The van der Waals surface area contributed by atoms with Crippen molar-refractivity contribution in [3.8, 4) is 0 Å². The minimum atomic E-state index is -0.764. The van der Waals surface area contributed by atoms with Crippen LogP contribution in [0.3, 0.4) is 0 Å². The Morgan fingerprint density at radius 1 is 0.806 bits per heavy atom. The van der Waals surface area contributed by atoms with Crippen LogP contribution in [-0.4, -0.2) is 35.6 Å². The number of aryl methyl sites for hydroxylation is 1. The summed E-state index contributed by atoms with van der Waals surface area (Å²) >= 11 is 0. The predicted octanol–water partition coefficient (Wildman–Crippen LogP) is 3.06. The summed E-state index contributed by atoms with van der Waals surface area (Å²) in [6.07, 6.45) is 0.862. The highest BCUT2D eigenvalue weighted by atomic mass is 16.3. The number of carbonyl (C=O) groups is 2. The molecule has 160 valence electrons. The van der Waals surface area contributed by atoms with E-state index in [2.05, 4.69) is 10.6 Å².